The number of benzene rings is 3. The number of aliphatic hydroxyl groups is 1. The average Bonchev–Trinajstić information content (AvgIpc) is 2.98. The minimum atomic E-state index is -4.60. The van der Waals surface area contributed by atoms with Crippen molar-refractivity contribution in [3.05, 3.63) is 83.9 Å². The standard InChI is InChI=1S/C25H23F3N2O3S.C4H10.H3OP/c26-25(27,28)21-13-18(30-12-11-29-22(15-31)24(30)32)9-10-23(21)34-20-8-4-7-19(14-20)33-16-17-5-2-1-3-6-17;1-3-4-2;1-2/h1-10,13-14,22,29,31H,11-12,15-16H2;3-4H2,1-2H3;1H,2H2. The molecule has 40 heavy (non-hydrogen) atoms. The molecule has 0 aromatic heterocycles. The van der Waals surface area contributed by atoms with Gasteiger partial charge in [0.25, 0.3) is 0 Å². The molecule has 6 nitrogen and oxygen atoms in total. The van der Waals surface area contributed by atoms with Crippen molar-refractivity contribution in [1.82, 2.24) is 5.32 Å². The van der Waals surface area contributed by atoms with Gasteiger partial charge in [-0.2, -0.15) is 13.2 Å². The molecule has 0 spiro atoms. The van der Waals surface area contributed by atoms with E-state index < -0.39 is 30.3 Å². The Balaban J connectivity index is 0.000000858. The van der Waals surface area contributed by atoms with Crippen LogP contribution in [-0.4, -0.2) is 41.6 Å². The highest BCUT2D eigenvalue weighted by Crippen LogP contribution is 2.42. The van der Waals surface area contributed by atoms with E-state index in [1.54, 1.807) is 24.3 Å². The first-order valence-corrected chi connectivity index (χ1v) is 14.2. The van der Waals surface area contributed by atoms with Crippen LogP contribution in [0, 0.1) is 0 Å². The molecule has 0 radical (unpaired) electrons. The Hall–Kier alpha value is -2.62. The summed E-state index contributed by atoms with van der Waals surface area (Å²) in [5.41, 5.74) is 0.320. The van der Waals surface area contributed by atoms with Crippen LogP contribution < -0.4 is 15.0 Å². The number of piperazine rings is 1. The molecule has 11 heteroatoms. The van der Waals surface area contributed by atoms with E-state index in [4.69, 9.17) is 9.63 Å². The molecule has 0 saturated carbocycles. The molecule has 3 N–H and O–H groups in total. The zero-order valence-corrected chi connectivity index (χ0v) is 24.5. The van der Waals surface area contributed by atoms with E-state index in [9.17, 15) is 23.1 Å². The number of carbonyl (C=O) groups excluding carboxylic acids is 1. The zero-order valence-electron chi connectivity index (χ0n) is 22.5. The Labute approximate surface area is 240 Å². The lowest BCUT2D eigenvalue weighted by Crippen LogP contribution is -2.56. The molecule has 1 heterocycles. The number of nitrogens with zero attached hydrogens (tertiary/aromatic N) is 1. The SMILES string of the molecule is CCCC.O=C1C(CO)NCCN1c1ccc(Sc2cccc(OCc3ccccc3)c2)c(C(F)(F)F)c1.OP. The summed E-state index contributed by atoms with van der Waals surface area (Å²) in [7, 11) is 1.42. The lowest BCUT2D eigenvalue weighted by atomic mass is 10.1. The van der Waals surface area contributed by atoms with Crippen LogP contribution in [0.3, 0.4) is 0 Å². The number of halogens is 3. The van der Waals surface area contributed by atoms with E-state index in [-0.39, 0.29) is 17.1 Å². The summed E-state index contributed by atoms with van der Waals surface area (Å²) in [5.74, 6) is 0.103. The van der Waals surface area contributed by atoms with Crippen LogP contribution in [0.25, 0.3) is 0 Å². The predicted molar refractivity (Wildman–Crippen MR) is 157 cm³/mol. The Morgan fingerprint density at radius 2 is 1.73 bits per heavy atom. The van der Waals surface area contributed by atoms with Gasteiger partial charge < -0.3 is 25.0 Å². The van der Waals surface area contributed by atoms with Gasteiger partial charge in [0.1, 0.15) is 18.4 Å². The maximum Gasteiger partial charge on any atom is 0.417 e. The molecule has 3 aromatic carbocycles. The molecule has 0 aliphatic carbocycles. The molecule has 2 atom stereocenters. The third kappa shape index (κ3) is 10.1. The van der Waals surface area contributed by atoms with Gasteiger partial charge in [-0.05, 0) is 51.4 Å². The van der Waals surface area contributed by atoms with Crippen molar-refractivity contribution < 1.29 is 32.7 Å². The molecule has 4 rings (SSSR count). The summed E-state index contributed by atoms with van der Waals surface area (Å²) in [6.45, 7) is 4.90. The van der Waals surface area contributed by atoms with Gasteiger partial charge in [0.05, 0.1) is 12.2 Å². The highest BCUT2D eigenvalue weighted by molar-refractivity contribution is 7.99. The Bertz CT molecular complexity index is 1180. The molecule has 0 bridgehead atoms. The molecular weight excluding hydrogens is 560 g/mol. The second kappa shape index (κ2) is 17.3. The number of amides is 1. The van der Waals surface area contributed by atoms with Gasteiger partial charge in [0, 0.05) is 28.6 Å². The Kier molecular flexibility index (Phi) is 14.5. The maximum atomic E-state index is 13.9. The first-order chi connectivity index (χ1) is 19.3. The Morgan fingerprint density at radius 3 is 2.35 bits per heavy atom. The van der Waals surface area contributed by atoms with Crippen LogP contribution in [0.4, 0.5) is 18.9 Å². The van der Waals surface area contributed by atoms with E-state index in [1.807, 2.05) is 30.3 Å². The number of hydrogen-bond acceptors (Lipinski definition) is 6. The molecule has 1 amide bonds. The summed E-state index contributed by atoms with van der Waals surface area (Å²) >= 11 is 0.982. The summed E-state index contributed by atoms with van der Waals surface area (Å²) in [6.07, 6.45) is -1.97. The van der Waals surface area contributed by atoms with Crippen molar-refractivity contribution in [2.24, 2.45) is 0 Å². The van der Waals surface area contributed by atoms with Gasteiger partial charge >= 0.3 is 6.18 Å². The van der Waals surface area contributed by atoms with E-state index in [2.05, 4.69) is 19.2 Å². The van der Waals surface area contributed by atoms with Crippen molar-refractivity contribution in [3.63, 3.8) is 0 Å². The minimum absolute atomic E-state index is 0.0257. The lowest BCUT2D eigenvalue weighted by Gasteiger charge is -2.32. The molecule has 218 valence electrons. The minimum Gasteiger partial charge on any atom is -0.489 e. The topological polar surface area (TPSA) is 82.0 Å². The number of nitrogens with one attached hydrogen (secondary N) is 1. The second-order valence-corrected chi connectivity index (χ2v) is 9.82. The first-order valence-electron chi connectivity index (χ1n) is 12.8. The number of anilines is 1. The van der Waals surface area contributed by atoms with Gasteiger partial charge in [-0.1, -0.05) is 74.8 Å². The third-order valence-electron chi connectivity index (χ3n) is 5.83. The van der Waals surface area contributed by atoms with Gasteiger partial charge in [0.2, 0.25) is 5.91 Å². The fourth-order valence-electron chi connectivity index (χ4n) is 3.63. The predicted octanol–water partition coefficient (Wildman–Crippen LogP) is 6.31. The monoisotopic (exact) mass is 596 g/mol. The van der Waals surface area contributed by atoms with Gasteiger partial charge in [-0.15, -0.1) is 0 Å². The highest BCUT2D eigenvalue weighted by Gasteiger charge is 2.36. The second-order valence-electron chi connectivity index (χ2n) is 8.71. The normalized spacial score (nSPS) is 14.9. The first kappa shape index (κ1) is 33.6. The van der Waals surface area contributed by atoms with Crippen molar-refractivity contribution in [2.45, 2.75) is 55.3 Å². The number of unbranched alkanes of at least 4 members (excludes halogenated alkanes) is 1. The molecule has 1 aliphatic rings. The van der Waals surface area contributed by atoms with E-state index in [0.717, 1.165) is 23.4 Å². The molecule has 1 fully saturated rings. The van der Waals surface area contributed by atoms with Crippen LogP contribution in [0.2, 0.25) is 0 Å². The smallest absolute Gasteiger partial charge is 0.417 e. The lowest BCUT2D eigenvalue weighted by molar-refractivity contribution is -0.139. The Morgan fingerprint density at radius 1 is 1.02 bits per heavy atom. The third-order valence-corrected chi connectivity index (χ3v) is 6.90. The highest BCUT2D eigenvalue weighted by atomic mass is 32.2. The quantitative estimate of drug-likeness (QED) is 0.265. The van der Waals surface area contributed by atoms with E-state index >= 15 is 0 Å². The van der Waals surface area contributed by atoms with Gasteiger partial charge in [-0.25, -0.2) is 0 Å². The number of rotatable bonds is 8. The largest absolute Gasteiger partial charge is 0.489 e. The van der Waals surface area contributed by atoms with E-state index in [0.29, 0.717) is 23.8 Å². The molecule has 3 aromatic rings. The summed E-state index contributed by atoms with van der Waals surface area (Å²) in [4.78, 5) is 21.3. The fraction of sp³-hybridized carbons (Fsp3) is 0.345. The van der Waals surface area contributed by atoms with Crippen molar-refractivity contribution in [3.8, 4) is 5.75 Å². The van der Waals surface area contributed by atoms with Crippen LogP contribution in [0.1, 0.15) is 37.8 Å². The van der Waals surface area contributed by atoms with Crippen LogP contribution in [0.5, 0.6) is 5.75 Å². The van der Waals surface area contributed by atoms with E-state index in [1.165, 1.54) is 39.3 Å². The van der Waals surface area contributed by atoms with Gasteiger partial charge in [0.15, 0.2) is 0 Å². The van der Waals surface area contributed by atoms with Crippen LogP contribution >= 0.6 is 21.2 Å². The molecule has 1 saturated heterocycles. The van der Waals surface area contributed by atoms with Crippen LogP contribution in [-0.2, 0) is 17.6 Å². The van der Waals surface area contributed by atoms with Crippen molar-refractivity contribution >= 4 is 32.8 Å². The average molecular weight is 597 g/mol. The van der Waals surface area contributed by atoms with Gasteiger partial charge in [-0.3, -0.25) is 4.79 Å². The number of hydrogen-bond donors (Lipinski definition) is 3. The summed E-state index contributed by atoms with van der Waals surface area (Å²) in [6, 6.07) is 19.6. The number of aliphatic hydroxyl groups excluding tert-OH is 1. The molecular formula is C29H36F3N2O4PS. The zero-order chi connectivity index (χ0) is 29.5. The van der Waals surface area contributed by atoms with Crippen molar-refractivity contribution in [2.75, 3.05) is 24.6 Å². The van der Waals surface area contributed by atoms with Crippen LogP contribution in [0.15, 0.2) is 82.6 Å². The summed E-state index contributed by atoms with van der Waals surface area (Å²) in [5, 5.41) is 12.2. The maximum absolute atomic E-state index is 13.9. The number of carbonyl (C=O) groups is 1. The number of alkyl halides is 3. The number of ether oxygens (including phenoxy) is 1. The fourth-order valence-corrected chi connectivity index (χ4v) is 4.62. The molecule has 1 aliphatic heterocycles. The molecule has 2 unspecified atom stereocenters. The summed E-state index contributed by atoms with van der Waals surface area (Å²) < 4.78 is 47.6. The van der Waals surface area contributed by atoms with Crippen molar-refractivity contribution in [1.29, 1.82) is 0 Å².